The lowest BCUT2D eigenvalue weighted by atomic mass is 10.1. The topological polar surface area (TPSA) is 91.7 Å². The molecule has 0 atom stereocenters. The zero-order valence-corrected chi connectivity index (χ0v) is 21.1. The summed E-state index contributed by atoms with van der Waals surface area (Å²) in [6.07, 6.45) is 4.75. The predicted octanol–water partition coefficient (Wildman–Crippen LogP) is 5.12. The first-order valence-corrected chi connectivity index (χ1v) is 12.2. The van der Waals surface area contributed by atoms with Crippen LogP contribution in [-0.4, -0.2) is 41.5 Å². The van der Waals surface area contributed by atoms with Gasteiger partial charge in [0.25, 0.3) is 5.91 Å². The summed E-state index contributed by atoms with van der Waals surface area (Å²) in [5.74, 6) is 0.283. The Morgan fingerprint density at radius 3 is 2.61 bits per heavy atom. The average Bonchev–Trinajstić information content (AvgIpc) is 3.37. The Balaban J connectivity index is 1.33. The van der Waals surface area contributed by atoms with Gasteiger partial charge in [0.05, 0.1) is 5.69 Å². The Hall–Kier alpha value is -4.85. The number of ether oxygens (including phenoxy) is 3. The number of aromatic nitrogens is 2. The van der Waals surface area contributed by atoms with Crippen LogP contribution in [-0.2, 0) is 14.3 Å². The molecule has 8 nitrogen and oxygen atoms in total. The highest BCUT2D eigenvalue weighted by atomic mass is 16.6. The van der Waals surface area contributed by atoms with Crippen LogP contribution in [0, 0.1) is 13.8 Å². The first-order chi connectivity index (χ1) is 18.5. The number of benzene rings is 3. The number of fused-ring (bicyclic) bond motifs is 1. The normalized spacial score (nSPS) is 12.4. The molecule has 38 heavy (non-hydrogen) atoms. The molecule has 0 saturated carbocycles. The van der Waals surface area contributed by atoms with Gasteiger partial charge >= 0.3 is 5.97 Å². The quantitative estimate of drug-likeness (QED) is 0.275. The van der Waals surface area contributed by atoms with E-state index < -0.39 is 18.5 Å². The van der Waals surface area contributed by atoms with E-state index in [0.29, 0.717) is 41.7 Å². The minimum atomic E-state index is -0.637. The molecule has 1 aliphatic heterocycles. The predicted molar refractivity (Wildman–Crippen MR) is 145 cm³/mol. The maximum Gasteiger partial charge on any atom is 0.331 e. The van der Waals surface area contributed by atoms with E-state index in [1.54, 1.807) is 10.8 Å². The molecule has 4 aromatic rings. The fourth-order valence-electron chi connectivity index (χ4n) is 4.04. The van der Waals surface area contributed by atoms with E-state index in [1.807, 2.05) is 86.8 Å². The van der Waals surface area contributed by atoms with Crippen LogP contribution >= 0.6 is 0 Å². The molecule has 0 saturated heterocycles. The number of nitrogens with zero attached hydrogens (tertiary/aromatic N) is 2. The van der Waals surface area contributed by atoms with Gasteiger partial charge < -0.3 is 19.5 Å². The Morgan fingerprint density at radius 2 is 1.79 bits per heavy atom. The first-order valence-electron chi connectivity index (χ1n) is 12.2. The summed E-state index contributed by atoms with van der Waals surface area (Å²) in [7, 11) is 0. The minimum Gasteiger partial charge on any atom is -0.486 e. The molecular formula is C30H27N3O5. The van der Waals surface area contributed by atoms with Crippen LogP contribution in [0.2, 0.25) is 0 Å². The van der Waals surface area contributed by atoms with Crippen LogP contribution in [0.4, 0.5) is 5.69 Å². The molecule has 3 aromatic carbocycles. The SMILES string of the molecule is Cc1ccc(C)c(NC(=O)COC(=O)C=Cc2cn(-c3ccccc3)nc2-c2ccc3c(c2)OCCO3)c1. The third kappa shape index (κ3) is 5.75. The number of amides is 1. The highest BCUT2D eigenvalue weighted by Crippen LogP contribution is 2.35. The van der Waals surface area contributed by atoms with Gasteiger partial charge in [-0.25, -0.2) is 9.48 Å². The number of nitrogens with one attached hydrogen (secondary N) is 1. The van der Waals surface area contributed by atoms with E-state index in [4.69, 9.17) is 19.3 Å². The maximum absolute atomic E-state index is 12.5. The van der Waals surface area contributed by atoms with Crippen molar-refractivity contribution in [1.29, 1.82) is 0 Å². The maximum atomic E-state index is 12.5. The molecule has 1 amide bonds. The number of rotatable bonds is 7. The van der Waals surface area contributed by atoms with E-state index in [-0.39, 0.29) is 0 Å². The highest BCUT2D eigenvalue weighted by Gasteiger charge is 2.17. The molecule has 192 valence electrons. The fraction of sp³-hybridized carbons (Fsp3) is 0.167. The number of aryl methyl sites for hydroxylation is 2. The van der Waals surface area contributed by atoms with Crippen LogP contribution in [0.5, 0.6) is 11.5 Å². The number of hydrogen-bond donors (Lipinski definition) is 1. The number of anilines is 1. The van der Waals surface area contributed by atoms with Gasteiger partial charge in [-0.15, -0.1) is 0 Å². The molecule has 0 bridgehead atoms. The van der Waals surface area contributed by atoms with Gasteiger partial charge in [0, 0.05) is 29.1 Å². The van der Waals surface area contributed by atoms with Crippen molar-refractivity contribution in [3.8, 4) is 28.4 Å². The third-order valence-corrected chi connectivity index (χ3v) is 5.99. The van der Waals surface area contributed by atoms with E-state index in [2.05, 4.69) is 5.32 Å². The van der Waals surface area contributed by atoms with Gasteiger partial charge in [-0.05, 0) is 67.4 Å². The first kappa shape index (κ1) is 24.8. The van der Waals surface area contributed by atoms with Crippen LogP contribution in [0.25, 0.3) is 23.0 Å². The number of carbonyl (C=O) groups is 2. The molecule has 5 rings (SSSR count). The van der Waals surface area contributed by atoms with E-state index in [0.717, 1.165) is 22.4 Å². The lowest BCUT2D eigenvalue weighted by Crippen LogP contribution is -2.20. The van der Waals surface area contributed by atoms with Crippen LogP contribution in [0.1, 0.15) is 16.7 Å². The molecule has 1 N–H and O–H groups in total. The number of hydrogen-bond acceptors (Lipinski definition) is 6. The summed E-state index contributed by atoms with van der Waals surface area (Å²) < 4.78 is 18.3. The summed E-state index contributed by atoms with van der Waals surface area (Å²) in [6.45, 7) is 4.44. The number of carbonyl (C=O) groups excluding carboxylic acids is 2. The summed E-state index contributed by atoms with van der Waals surface area (Å²) in [6, 6.07) is 21.1. The Morgan fingerprint density at radius 1 is 1.00 bits per heavy atom. The van der Waals surface area contributed by atoms with Crippen molar-refractivity contribution in [2.24, 2.45) is 0 Å². The van der Waals surface area contributed by atoms with Gasteiger partial charge in [-0.2, -0.15) is 5.10 Å². The molecule has 2 heterocycles. The Labute approximate surface area is 220 Å². The van der Waals surface area contributed by atoms with Crippen molar-refractivity contribution in [3.63, 3.8) is 0 Å². The largest absolute Gasteiger partial charge is 0.486 e. The van der Waals surface area contributed by atoms with Crippen molar-refractivity contribution >= 4 is 23.6 Å². The standard InChI is InChI=1S/C30H27N3O5/c1-20-8-9-21(2)25(16-20)31-28(34)19-38-29(35)13-11-23-18-33(24-6-4-3-5-7-24)32-30(23)22-10-12-26-27(17-22)37-15-14-36-26/h3-13,16-18H,14-15,19H2,1-2H3,(H,31,34). The van der Waals surface area contributed by atoms with Gasteiger partial charge in [0.2, 0.25) is 0 Å². The minimum absolute atomic E-state index is 0.394. The van der Waals surface area contributed by atoms with Crippen molar-refractivity contribution < 1.29 is 23.8 Å². The smallest absolute Gasteiger partial charge is 0.331 e. The molecule has 0 aliphatic carbocycles. The van der Waals surface area contributed by atoms with E-state index in [9.17, 15) is 9.59 Å². The lowest BCUT2D eigenvalue weighted by Gasteiger charge is -2.18. The summed E-state index contributed by atoms with van der Waals surface area (Å²) in [4.78, 5) is 24.8. The second kappa shape index (κ2) is 11.0. The Bertz CT molecular complexity index is 1510. The van der Waals surface area contributed by atoms with Crippen LogP contribution in [0.15, 0.2) is 79.0 Å². The highest BCUT2D eigenvalue weighted by molar-refractivity contribution is 5.95. The molecular weight excluding hydrogens is 482 g/mol. The molecule has 0 spiro atoms. The monoisotopic (exact) mass is 509 g/mol. The van der Waals surface area contributed by atoms with Gasteiger partial charge in [-0.1, -0.05) is 30.3 Å². The van der Waals surface area contributed by atoms with Crippen molar-refractivity contribution in [2.75, 3.05) is 25.1 Å². The van der Waals surface area contributed by atoms with Gasteiger partial charge in [-0.3, -0.25) is 4.79 Å². The zero-order chi connectivity index (χ0) is 26.5. The second-order valence-electron chi connectivity index (χ2n) is 8.88. The van der Waals surface area contributed by atoms with Crippen molar-refractivity contribution in [3.05, 3.63) is 95.7 Å². The van der Waals surface area contributed by atoms with Crippen molar-refractivity contribution in [2.45, 2.75) is 13.8 Å². The summed E-state index contributed by atoms with van der Waals surface area (Å²) in [5.41, 5.74) is 5.68. The molecule has 0 radical (unpaired) electrons. The van der Waals surface area contributed by atoms with E-state index >= 15 is 0 Å². The van der Waals surface area contributed by atoms with Crippen LogP contribution < -0.4 is 14.8 Å². The molecule has 1 aromatic heterocycles. The second-order valence-corrected chi connectivity index (χ2v) is 8.88. The summed E-state index contributed by atoms with van der Waals surface area (Å²) >= 11 is 0. The third-order valence-electron chi connectivity index (χ3n) is 5.99. The molecule has 0 unspecified atom stereocenters. The molecule has 0 fully saturated rings. The fourth-order valence-corrected chi connectivity index (χ4v) is 4.04. The Kier molecular flexibility index (Phi) is 7.21. The summed E-state index contributed by atoms with van der Waals surface area (Å²) in [5, 5.41) is 7.55. The van der Waals surface area contributed by atoms with Crippen LogP contribution in [0.3, 0.4) is 0 Å². The number of esters is 1. The zero-order valence-electron chi connectivity index (χ0n) is 21.1. The number of para-hydroxylation sites is 1. The average molecular weight is 510 g/mol. The molecule has 8 heteroatoms. The van der Waals surface area contributed by atoms with Gasteiger partial charge in [0.1, 0.15) is 18.9 Å². The van der Waals surface area contributed by atoms with E-state index in [1.165, 1.54) is 6.08 Å². The van der Waals surface area contributed by atoms with Gasteiger partial charge in [0.15, 0.2) is 18.1 Å². The van der Waals surface area contributed by atoms with Crippen molar-refractivity contribution in [1.82, 2.24) is 9.78 Å². The lowest BCUT2D eigenvalue weighted by molar-refractivity contribution is -0.142. The molecule has 1 aliphatic rings.